The van der Waals surface area contributed by atoms with Gasteiger partial charge in [0, 0.05) is 94.7 Å². The number of anilines is 4. The molecule has 125 heavy (non-hydrogen) atoms. The van der Waals surface area contributed by atoms with Crippen LogP contribution in [-0.2, 0) is 67.3 Å². The molecule has 0 aliphatic heterocycles. The van der Waals surface area contributed by atoms with E-state index < -0.39 is 105 Å². The monoisotopic (exact) mass is 1740 g/mol. The SMILES string of the molecule is CCC(C)(C)ONC(=O)C(=O)c1c(C)c(C(=O)Nc2ccc(F)c(C)c2)c(C)n1C.COCC(C)(C)NC(=O)C(=O)c1c(C)c(C(=O)Nc2ccc(F)c(C)c2)c(C)n1C.Cc1cc(NC(=O)c2c(C)c(C(=O)C(=O)NOCC(C)(F)F)n(C)c2C)ccc1F.Cc1nc(C2(NC(=O)C(=O)c3c(C)c(C(=O)Nc4ccc(F)c(C)c4)c(C)n3C)CCCC2)co1. The number of halogens is 6. The molecule has 9 aromatic rings. The fourth-order valence-corrected chi connectivity index (χ4v) is 14.2. The van der Waals surface area contributed by atoms with Gasteiger partial charge in [-0.15, -0.1) is 0 Å². The first-order valence-electron chi connectivity index (χ1n) is 39.6. The van der Waals surface area contributed by atoms with E-state index in [9.17, 15) is 83.9 Å². The van der Waals surface area contributed by atoms with E-state index in [4.69, 9.17) is 14.0 Å². The highest BCUT2D eigenvalue weighted by molar-refractivity contribution is 6.45. The van der Waals surface area contributed by atoms with E-state index in [2.05, 4.69) is 47.2 Å². The third-order valence-corrected chi connectivity index (χ3v) is 21.6. The summed E-state index contributed by atoms with van der Waals surface area (Å²) in [5.41, 5.74) is 10.4. The van der Waals surface area contributed by atoms with Crippen LogP contribution in [0, 0.1) is 113 Å². The Morgan fingerprint density at radius 1 is 0.448 bits per heavy atom. The summed E-state index contributed by atoms with van der Waals surface area (Å²) in [7, 11) is 7.88. The number of Topliss-reactive ketones (excluding diaryl/α,β-unsaturated/α-hetero) is 4. The largest absolute Gasteiger partial charge is 0.449 e. The minimum absolute atomic E-state index is 0.0858. The maximum Gasteiger partial charge on any atom is 0.317 e. The topological polar surface area (TPSA) is 375 Å². The van der Waals surface area contributed by atoms with Crippen molar-refractivity contribution in [2.75, 3.05) is 41.6 Å². The summed E-state index contributed by atoms with van der Waals surface area (Å²) in [6.45, 7) is 29.8. The molecule has 670 valence electrons. The van der Waals surface area contributed by atoms with Crippen LogP contribution in [0.25, 0.3) is 0 Å². The van der Waals surface area contributed by atoms with Gasteiger partial charge in [0.15, 0.2) is 5.89 Å². The Hall–Kier alpha value is -12.9. The van der Waals surface area contributed by atoms with Gasteiger partial charge in [0.2, 0.25) is 0 Å². The molecule has 8 amide bonds. The molecule has 5 heterocycles. The number of carbonyl (C=O) groups is 12. The van der Waals surface area contributed by atoms with Crippen molar-refractivity contribution in [3.05, 3.63) is 226 Å². The number of nitrogens with one attached hydrogen (secondary N) is 8. The molecule has 0 unspecified atom stereocenters. The maximum absolute atomic E-state index is 13.6. The molecule has 8 N–H and O–H groups in total. The number of benzene rings is 4. The van der Waals surface area contributed by atoms with Crippen LogP contribution in [0.1, 0.15) is 236 Å². The van der Waals surface area contributed by atoms with E-state index in [1.54, 1.807) is 142 Å². The molecule has 0 atom stereocenters. The van der Waals surface area contributed by atoms with Gasteiger partial charge in [-0.25, -0.2) is 42.3 Å². The van der Waals surface area contributed by atoms with Gasteiger partial charge in [-0.05, 0) is 247 Å². The number of aromatic nitrogens is 5. The van der Waals surface area contributed by atoms with Crippen molar-refractivity contribution in [2.24, 2.45) is 28.2 Å². The van der Waals surface area contributed by atoms with E-state index in [1.165, 1.54) is 114 Å². The molecule has 1 saturated carbocycles. The third-order valence-electron chi connectivity index (χ3n) is 21.6. The highest BCUT2D eigenvalue weighted by atomic mass is 19.3. The number of hydrogen-bond donors (Lipinski definition) is 8. The zero-order valence-corrected chi connectivity index (χ0v) is 74.5. The lowest BCUT2D eigenvalue weighted by molar-refractivity contribution is -0.143. The lowest BCUT2D eigenvalue weighted by atomic mass is 9.93. The number of rotatable bonds is 27. The molecule has 5 aromatic heterocycles. The Bertz CT molecular complexity index is 5730. The lowest BCUT2D eigenvalue weighted by Crippen LogP contribution is -2.49. The molecule has 10 rings (SSSR count). The third kappa shape index (κ3) is 23.5. The second kappa shape index (κ2) is 40.6. The van der Waals surface area contributed by atoms with E-state index in [0.717, 1.165) is 12.8 Å². The van der Waals surface area contributed by atoms with Crippen LogP contribution in [0.2, 0.25) is 0 Å². The first-order valence-corrected chi connectivity index (χ1v) is 39.6. The zero-order chi connectivity index (χ0) is 93.9. The molecule has 1 aliphatic rings. The quantitative estimate of drug-likeness (QED) is 0.0103. The van der Waals surface area contributed by atoms with E-state index >= 15 is 0 Å². The number of nitrogens with zero attached hydrogens (tertiary/aromatic N) is 5. The number of aryl methyl sites for hydroxylation is 5. The van der Waals surface area contributed by atoms with Crippen molar-refractivity contribution in [1.29, 1.82) is 0 Å². The predicted octanol–water partition coefficient (Wildman–Crippen LogP) is 14.5. The summed E-state index contributed by atoms with van der Waals surface area (Å²) in [6.07, 6.45) is 5.29. The number of hydrogen-bond acceptors (Lipinski definition) is 17. The molecule has 0 spiro atoms. The molecule has 1 fully saturated rings. The molecule has 0 radical (unpaired) electrons. The van der Waals surface area contributed by atoms with Crippen LogP contribution in [0.15, 0.2) is 83.5 Å². The summed E-state index contributed by atoms with van der Waals surface area (Å²) in [5.74, 6) is -13.1. The van der Waals surface area contributed by atoms with Crippen LogP contribution in [0.5, 0.6) is 0 Å². The zero-order valence-electron chi connectivity index (χ0n) is 74.5. The van der Waals surface area contributed by atoms with Crippen molar-refractivity contribution in [3.8, 4) is 0 Å². The van der Waals surface area contributed by atoms with E-state index in [0.29, 0.717) is 133 Å². The van der Waals surface area contributed by atoms with E-state index in [1.807, 2.05) is 6.92 Å². The van der Waals surface area contributed by atoms with Crippen LogP contribution < -0.4 is 42.9 Å². The highest BCUT2D eigenvalue weighted by Crippen LogP contribution is 2.39. The molecule has 1 aliphatic carbocycles. The van der Waals surface area contributed by atoms with Gasteiger partial charge in [-0.2, -0.15) is 0 Å². The number of oxazole rings is 1. The van der Waals surface area contributed by atoms with E-state index in [-0.39, 0.29) is 63.5 Å². The predicted molar refractivity (Wildman–Crippen MR) is 455 cm³/mol. The number of methoxy groups -OCH3 is 1. The molecule has 35 heteroatoms. The number of ether oxygens (including phenoxy) is 1. The Morgan fingerprint density at radius 2 is 0.752 bits per heavy atom. The molecule has 0 saturated heterocycles. The first-order chi connectivity index (χ1) is 58.1. The molecule has 0 bridgehead atoms. The second-order valence-electron chi connectivity index (χ2n) is 32.2. The van der Waals surface area contributed by atoms with Crippen molar-refractivity contribution in [2.45, 2.75) is 186 Å². The molecule has 4 aromatic carbocycles. The fourth-order valence-electron chi connectivity index (χ4n) is 14.2. The van der Waals surface area contributed by atoms with Gasteiger partial charge in [0.05, 0.1) is 68.3 Å². The van der Waals surface area contributed by atoms with Crippen LogP contribution in [0.4, 0.5) is 49.1 Å². The van der Waals surface area contributed by atoms with Gasteiger partial charge in [-0.3, -0.25) is 67.2 Å². The highest BCUT2D eigenvalue weighted by Gasteiger charge is 2.43. The van der Waals surface area contributed by atoms with Crippen LogP contribution in [-0.4, -0.2) is 131 Å². The molecule has 29 nitrogen and oxygen atoms in total. The summed E-state index contributed by atoms with van der Waals surface area (Å²) in [4.78, 5) is 167. The van der Waals surface area contributed by atoms with Crippen LogP contribution >= 0.6 is 0 Å². The summed E-state index contributed by atoms with van der Waals surface area (Å²) >= 11 is 0. The Morgan fingerprint density at radius 3 is 1.03 bits per heavy atom. The number of ketones is 4. The summed E-state index contributed by atoms with van der Waals surface area (Å²) in [5, 5.41) is 16.4. The van der Waals surface area contributed by atoms with Gasteiger partial charge in [0.25, 0.3) is 64.5 Å². The van der Waals surface area contributed by atoms with Crippen LogP contribution in [0.3, 0.4) is 0 Å². The van der Waals surface area contributed by atoms with Gasteiger partial charge in [0.1, 0.15) is 41.8 Å². The lowest BCUT2D eigenvalue weighted by Gasteiger charge is -2.27. The number of carbonyl (C=O) groups excluding carboxylic acids is 12. The minimum atomic E-state index is -3.18. The number of hydroxylamine groups is 2. The number of alkyl halides is 2. The first kappa shape index (κ1) is 99.2. The van der Waals surface area contributed by atoms with Crippen molar-refractivity contribution in [3.63, 3.8) is 0 Å². The fraction of sp³-hybridized carbons (Fsp3) is 0.389. The Kier molecular flexibility index (Phi) is 32.2. The minimum Gasteiger partial charge on any atom is -0.449 e. The normalized spacial score (nSPS) is 12.3. The standard InChI is InChI=1S/C26H29FN4O4.2C22H28FN3O4.C20H22F3N3O4/c1-14-12-18(8-9-19(14)27)29-24(33)21-15(2)22(31(5)16(21)3)23(32)25(34)30-26(10-6-7-11-26)20-13-35-17(4)28-20;1-12-10-15(8-9-16(12)23)24-20(28)17-13(2)18(26(6)14(17)3)19(27)21(29)25-22(4,5)11-30-7;1-8-22(5,6)30-25-21(29)19(27)18-13(3)17(14(4)26(18)7)20(28)24-15-9-10-16(23)12(2)11-15;1-10-8-13(6-7-14(10)21)24-18(28)15-11(2)16(26(5)12(15)3)17(27)19(29)25-30-9-20(4,22)23/h8-9,12-13H,6-7,10-11H2,1-5H3,(H,29,33)(H,30,34);8-10H,11H2,1-7H3,(H,24,28)(H,25,29);9-11H,8H2,1-7H3,(H,24,28)(H,25,29);6-8H,9H2,1-5H3,(H,24,28)(H,25,29). The average Bonchev–Trinajstić information content (AvgIpc) is 1.65. The molecular formula is C90H107F6N13O16. The van der Waals surface area contributed by atoms with Crippen molar-refractivity contribution in [1.82, 2.24) is 44.8 Å². The molecular weight excluding hydrogens is 1630 g/mol. The maximum atomic E-state index is 13.6. The van der Waals surface area contributed by atoms with Gasteiger partial charge in [-0.1, -0.05) is 19.8 Å². The summed E-state index contributed by atoms with van der Waals surface area (Å²) < 4.78 is 95.9. The van der Waals surface area contributed by atoms with Crippen molar-refractivity contribution >= 4 is 93.1 Å². The van der Waals surface area contributed by atoms with Gasteiger partial charge >= 0.3 is 11.8 Å². The number of amides is 8. The summed E-state index contributed by atoms with van der Waals surface area (Å²) in [6, 6.07) is 16.9. The van der Waals surface area contributed by atoms with Gasteiger partial charge < -0.3 is 59.3 Å². The smallest absolute Gasteiger partial charge is 0.317 e. The second-order valence-corrected chi connectivity index (χ2v) is 32.2. The Labute approximate surface area is 719 Å². The van der Waals surface area contributed by atoms with Crippen molar-refractivity contribution < 1.29 is 103 Å². The Balaban J connectivity index is 0.000000229. The average molecular weight is 1740 g/mol.